The average molecular weight is 384 g/mol. The van der Waals surface area contributed by atoms with E-state index in [1.165, 1.54) is 6.92 Å². The van der Waals surface area contributed by atoms with Gasteiger partial charge >= 0.3 is 12.1 Å². The molecule has 1 fully saturated rings. The number of benzene rings is 1. The molecule has 1 saturated heterocycles. The van der Waals surface area contributed by atoms with E-state index in [0.717, 1.165) is 13.2 Å². The van der Waals surface area contributed by atoms with E-state index in [-0.39, 0.29) is 12.2 Å². The summed E-state index contributed by atoms with van der Waals surface area (Å²) in [5.41, 5.74) is -3.25. The van der Waals surface area contributed by atoms with E-state index in [1.54, 1.807) is 0 Å². The Balaban J connectivity index is 2.70. The first-order valence-corrected chi connectivity index (χ1v) is 7.60. The van der Waals surface area contributed by atoms with Gasteiger partial charge in [0.2, 0.25) is 5.82 Å². The monoisotopic (exact) mass is 384 g/mol. The number of carboxylic acid groups (broad SMARTS) is 1. The maximum absolute atomic E-state index is 14.0. The third kappa shape index (κ3) is 3.11. The topological polar surface area (TPSA) is 65.0 Å². The maximum Gasteiger partial charge on any atom is 0.419 e. The molecule has 26 heavy (non-hydrogen) atoms. The quantitative estimate of drug-likeness (QED) is 0.790. The highest BCUT2D eigenvalue weighted by atomic mass is 19.4. The minimum Gasteiger partial charge on any atom is -0.493 e. The van der Waals surface area contributed by atoms with E-state index in [9.17, 15) is 31.9 Å². The molecule has 1 N–H and O–H groups in total. The van der Waals surface area contributed by atoms with E-state index < -0.39 is 53.3 Å². The van der Waals surface area contributed by atoms with Crippen molar-refractivity contribution < 1.29 is 46.1 Å². The summed E-state index contributed by atoms with van der Waals surface area (Å²) in [7, 11) is 0.992. The third-order valence-electron chi connectivity index (χ3n) is 4.36. The Bertz CT molecular complexity index is 692. The molecular weight excluding hydrogens is 367 g/mol. The van der Waals surface area contributed by atoms with Crippen LogP contribution >= 0.6 is 0 Å². The molecule has 0 radical (unpaired) electrons. The van der Waals surface area contributed by atoms with Crippen LogP contribution in [0.15, 0.2) is 12.1 Å². The molecular formula is C16H17F5O5. The first-order valence-electron chi connectivity index (χ1n) is 7.60. The second-order valence-corrected chi connectivity index (χ2v) is 5.87. The molecule has 0 aromatic heterocycles. The minimum absolute atomic E-state index is 0.186. The van der Waals surface area contributed by atoms with Gasteiger partial charge in [-0.05, 0) is 19.9 Å². The molecule has 0 spiro atoms. The van der Waals surface area contributed by atoms with Gasteiger partial charge in [-0.1, -0.05) is 6.07 Å². The van der Waals surface area contributed by atoms with Crippen LogP contribution in [0, 0.1) is 11.6 Å². The van der Waals surface area contributed by atoms with Crippen LogP contribution in [0.4, 0.5) is 22.0 Å². The molecule has 1 aliphatic heterocycles. The highest BCUT2D eigenvalue weighted by Crippen LogP contribution is 2.52. The zero-order valence-electron chi connectivity index (χ0n) is 14.1. The van der Waals surface area contributed by atoms with Crippen molar-refractivity contribution in [1.82, 2.24) is 0 Å². The summed E-state index contributed by atoms with van der Waals surface area (Å²) in [6.45, 7) is 1.90. The average Bonchev–Trinajstić information content (AvgIpc) is 2.85. The van der Waals surface area contributed by atoms with Crippen molar-refractivity contribution in [3.8, 4) is 5.75 Å². The molecule has 0 bridgehead atoms. The summed E-state index contributed by atoms with van der Waals surface area (Å²) in [5, 5.41) is 9.36. The van der Waals surface area contributed by atoms with Gasteiger partial charge in [-0.3, -0.25) is 0 Å². The summed E-state index contributed by atoms with van der Waals surface area (Å²) < 4.78 is 83.1. The van der Waals surface area contributed by atoms with Gasteiger partial charge in [0.05, 0.1) is 13.0 Å². The lowest BCUT2D eigenvalue weighted by Gasteiger charge is -2.33. The predicted molar refractivity (Wildman–Crippen MR) is 78.0 cm³/mol. The van der Waals surface area contributed by atoms with E-state index >= 15 is 0 Å². The molecule has 5 nitrogen and oxygen atoms in total. The molecule has 146 valence electrons. The zero-order valence-corrected chi connectivity index (χ0v) is 14.1. The summed E-state index contributed by atoms with van der Waals surface area (Å²) in [6.07, 6.45) is -8.79. The molecule has 10 heteroatoms. The second-order valence-electron chi connectivity index (χ2n) is 5.87. The first kappa shape index (κ1) is 20.4. The van der Waals surface area contributed by atoms with E-state index in [1.807, 2.05) is 0 Å². The van der Waals surface area contributed by atoms with Gasteiger partial charge in [0.25, 0.3) is 0 Å². The van der Waals surface area contributed by atoms with Crippen molar-refractivity contribution in [2.24, 2.45) is 0 Å². The molecule has 4 atom stereocenters. The highest BCUT2D eigenvalue weighted by Gasteiger charge is 2.68. The number of hydrogen-bond acceptors (Lipinski definition) is 4. The predicted octanol–water partition coefficient (Wildman–Crippen LogP) is 3.27. The standard InChI is InChI=1S/C16H17F5O5/c1-4-25-13-9(7-5-6-8(17)10(18)11(7)24-3)12(14(22)23)26-15(13,2)16(19,20)21/h5-6,9,12-13H,4H2,1-3H3,(H,22,23)/t9-,12+,13-,15+/m0/s1. The molecule has 1 heterocycles. The summed E-state index contributed by atoms with van der Waals surface area (Å²) in [5.74, 6) is -6.70. The van der Waals surface area contributed by atoms with Gasteiger partial charge in [-0.25, -0.2) is 9.18 Å². The van der Waals surface area contributed by atoms with Crippen molar-refractivity contribution in [1.29, 1.82) is 0 Å². The number of carbonyl (C=O) groups is 1. The SMILES string of the molecule is CCO[C@H]1[C@@H](c2ccc(F)c(F)c2OC)[C@H](C(=O)O)O[C@@]1(C)C(F)(F)F. The first-order chi connectivity index (χ1) is 12.0. The summed E-state index contributed by atoms with van der Waals surface area (Å²) in [6, 6.07) is 1.65. The highest BCUT2D eigenvalue weighted by molar-refractivity contribution is 5.75. The summed E-state index contributed by atoms with van der Waals surface area (Å²) in [4.78, 5) is 11.5. The van der Waals surface area contributed by atoms with Crippen LogP contribution in [0.5, 0.6) is 5.75 Å². The normalized spacial score (nSPS) is 29.0. The number of methoxy groups -OCH3 is 1. The fraction of sp³-hybridized carbons (Fsp3) is 0.562. The van der Waals surface area contributed by atoms with Gasteiger partial charge in [-0.2, -0.15) is 17.6 Å². The van der Waals surface area contributed by atoms with Crippen molar-refractivity contribution in [3.63, 3.8) is 0 Å². The molecule has 1 aliphatic rings. The smallest absolute Gasteiger partial charge is 0.419 e. The Hall–Kier alpha value is -1.94. The minimum atomic E-state index is -4.97. The Morgan fingerprint density at radius 1 is 1.35 bits per heavy atom. The van der Waals surface area contributed by atoms with Gasteiger partial charge in [0, 0.05) is 12.2 Å². The van der Waals surface area contributed by atoms with Gasteiger partial charge in [0.15, 0.2) is 23.3 Å². The molecule has 0 unspecified atom stereocenters. The van der Waals surface area contributed by atoms with Crippen LogP contribution in [0.2, 0.25) is 0 Å². The number of carboxylic acids is 1. The molecule has 2 rings (SSSR count). The van der Waals surface area contributed by atoms with Crippen molar-refractivity contribution in [2.75, 3.05) is 13.7 Å². The molecule has 1 aromatic rings. The lowest BCUT2D eigenvalue weighted by Crippen LogP contribution is -2.52. The number of ether oxygens (including phenoxy) is 3. The number of aliphatic carboxylic acids is 1. The van der Waals surface area contributed by atoms with Crippen LogP contribution in [0.1, 0.15) is 25.3 Å². The van der Waals surface area contributed by atoms with Crippen LogP contribution in [-0.2, 0) is 14.3 Å². The molecule has 0 amide bonds. The van der Waals surface area contributed by atoms with Crippen LogP contribution in [0.3, 0.4) is 0 Å². The molecule has 1 aromatic carbocycles. The Labute approximate surface area is 145 Å². The largest absolute Gasteiger partial charge is 0.493 e. The van der Waals surface area contributed by atoms with Gasteiger partial charge < -0.3 is 19.3 Å². The second kappa shape index (κ2) is 6.99. The Morgan fingerprint density at radius 3 is 2.42 bits per heavy atom. The van der Waals surface area contributed by atoms with E-state index in [2.05, 4.69) is 0 Å². The zero-order chi connectivity index (χ0) is 19.9. The number of hydrogen-bond donors (Lipinski definition) is 1. The number of halogens is 5. The maximum atomic E-state index is 14.0. The Morgan fingerprint density at radius 2 is 1.96 bits per heavy atom. The van der Waals surface area contributed by atoms with Crippen molar-refractivity contribution in [3.05, 3.63) is 29.3 Å². The van der Waals surface area contributed by atoms with E-state index in [0.29, 0.717) is 13.0 Å². The van der Waals surface area contributed by atoms with Crippen LogP contribution in [-0.4, -0.2) is 48.8 Å². The van der Waals surface area contributed by atoms with Crippen LogP contribution < -0.4 is 4.74 Å². The van der Waals surface area contributed by atoms with Crippen LogP contribution in [0.25, 0.3) is 0 Å². The molecule has 0 saturated carbocycles. The molecule has 0 aliphatic carbocycles. The lowest BCUT2D eigenvalue weighted by atomic mass is 9.83. The lowest BCUT2D eigenvalue weighted by molar-refractivity contribution is -0.286. The van der Waals surface area contributed by atoms with E-state index in [4.69, 9.17) is 14.2 Å². The van der Waals surface area contributed by atoms with Gasteiger partial charge in [-0.15, -0.1) is 0 Å². The van der Waals surface area contributed by atoms with Crippen molar-refractivity contribution in [2.45, 2.75) is 43.8 Å². The summed E-state index contributed by atoms with van der Waals surface area (Å²) >= 11 is 0. The Kier molecular flexibility index (Phi) is 5.48. The fourth-order valence-corrected chi connectivity index (χ4v) is 3.12. The number of alkyl halides is 3. The third-order valence-corrected chi connectivity index (χ3v) is 4.36. The van der Waals surface area contributed by atoms with Gasteiger partial charge in [0.1, 0.15) is 6.10 Å². The number of rotatable bonds is 5. The fourth-order valence-electron chi connectivity index (χ4n) is 3.12. The van der Waals surface area contributed by atoms with Crippen molar-refractivity contribution >= 4 is 5.97 Å².